The molecular weight excluding hydrogens is 304 g/mol. The first-order valence-electron chi connectivity index (χ1n) is 8.18. The van der Waals surface area contributed by atoms with Crippen LogP contribution in [-0.2, 0) is 16.0 Å². The zero-order chi connectivity index (χ0) is 17.1. The number of furan rings is 1. The van der Waals surface area contributed by atoms with Crippen molar-refractivity contribution in [3.8, 4) is 0 Å². The van der Waals surface area contributed by atoms with Crippen molar-refractivity contribution in [2.45, 2.75) is 32.2 Å². The van der Waals surface area contributed by atoms with Gasteiger partial charge in [-0.2, -0.15) is 0 Å². The molecule has 1 saturated heterocycles. The molecule has 3 rings (SSSR count). The van der Waals surface area contributed by atoms with Crippen LogP contribution in [0.15, 0.2) is 46.9 Å². The molecule has 2 aromatic rings. The van der Waals surface area contributed by atoms with Gasteiger partial charge in [0, 0.05) is 20.0 Å². The summed E-state index contributed by atoms with van der Waals surface area (Å²) >= 11 is 0. The Bertz CT molecular complexity index is 723. The van der Waals surface area contributed by atoms with E-state index in [-0.39, 0.29) is 23.8 Å². The molecule has 0 aliphatic carbocycles. The van der Waals surface area contributed by atoms with Crippen LogP contribution in [0, 0.1) is 6.92 Å². The zero-order valence-electron chi connectivity index (χ0n) is 14.0. The predicted molar refractivity (Wildman–Crippen MR) is 90.5 cm³/mol. The van der Waals surface area contributed by atoms with E-state index in [0.29, 0.717) is 19.5 Å². The molecule has 126 valence electrons. The van der Waals surface area contributed by atoms with E-state index in [1.54, 1.807) is 0 Å². The number of carbonyl (C=O) groups excluding carboxylic acids is 2. The molecule has 2 amide bonds. The summed E-state index contributed by atoms with van der Waals surface area (Å²) in [5, 5.41) is 2.96. The van der Waals surface area contributed by atoms with Crippen molar-refractivity contribution in [2.75, 3.05) is 13.1 Å². The SMILES string of the molecule is CC(=O)NC1CN(C(=O)Cc2ccccc2)CC1c1ccc(C)o1. The van der Waals surface area contributed by atoms with Gasteiger partial charge in [0.2, 0.25) is 11.8 Å². The van der Waals surface area contributed by atoms with Gasteiger partial charge >= 0.3 is 0 Å². The van der Waals surface area contributed by atoms with Crippen molar-refractivity contribution >= 4 is 11.8 Å². The summed E-state index contributed by atoms with van der Waals surface area (Å²) in [5.74, 6) is 1.62. The lowest BCUT2D eigenvalue weighted by Gasteiger charge is -2.17. The van der Waals surface area contributed by atoms with Gasteiger partial charge in [0.1, 0.15) is 11.5 Å². The van der Waals surface area contributed by atoms with E-state index < -0.39 is 0 Å². The first kappa shape index (κ1) is 16.3. The van der Waals surface area contributed by atoms with Gasteiger partial charge in [-0.15, -0.1) is 0 Å². The first-order chi connectivity index (χ1) is 11.5. The molecule has 1 aliphatic heterocycles. The highest BCUT2D eigenvalue weighted by Gasteiger charge is 2.38. The fourth-order valence-corrected chi connectivity index (χ4v) is 3.24. The van der Waals surface area contributed by atoms with Crippen LogP contribution in [-0.4, -0.2) is 35.8 Å². The second-order valence-electron chi connectivity index (χ2n) is 6.32. The number of benzene rings is 1. The molecule has 1 aromatic heterocycles. The van der Waals surface area contributed by atoms with E-state index >= 15 is 0 Å². The fraction of sp³-hybridized carbons (Fsp3) is 0.368. The van der Waals surface area contributed by atoms with Crippen LogP contribution in [0.25, 0.3) is 0 Å². The van der Waals surface area contributed by atoms with Crippen LogP contribution in [0.4, 0.5) is 0 Å². The van der Waals surface area contributed by atoms with Gasteiger partial charge < -0.3 is 14.6 Å². The number of amides is 2. The van der Waals surface area contributed by atoms with Crippen LogP contribution in [0.2, 0.25) is 0 Å². The Balaban J connectivity index is 1.73. The van der Waals surface area contributed by atoms with E-state index in [1.807, 2.05) is 54.3 Å². The molecule has 0 saturated carbocycles. The van der Waals surface area contributed by atoms with Crippen molar-refractivity contribution in [1.29, 1.82) is 0 Å². The molecule has 0 bridgehead atoms. The van der Waals surface area contributed by atoms with E-state index in [1.165, 1.54) is 6.92 Å². The maximum Gasteiger partial charge on any atom is 0.227 e. The molecule has 2 unspecified atom stereocenters. The predicted octanol–water partition coefficient (Wildman–Crippen LogP) is 2.26. The largest absolute Gasteiger partial charge is 0.466 e. The van der Waals surface area contributed by atoms with Crippen molar-refractivity contribution in [1.82, 2.24) is 10.2 Å². The number of rotatable bonds is 4. The Hall–Kier alpha value is -2.56. The molecule has 1 N–H and O–H groups in total. The molecule has 1 fully saturated rings. The Morgan fingerprint density at radius 3 is 2.54 bits per heavy atom. The maximum absolute atomic E-state index is 12.6. The minimum absolute atomic E-state index is 0.0117. The number of aryl methyl sites for hydroxylation is 1. The van der Waals surface area contributed by atoms with Gasteiger partial charge in [-0.3, -0.25) is 9.59 Å². The second-order valence-corrected chi connectivity index (χ2v) is 6.32. The van der Waals surface area contributed by atoms with Crippen LogP contribution in [0.5, 0.6) is 0 Å². The van der Waals surface area contributed by atoms with Crippen LogP contribution < -0.4 is 5.32 Å². The highest BCUT2D eigenvalue weighted by atomic mass is 16.3. The average Bonchev–Trinajstić information content (AvgIpc) is 3.14. The lowest BCUT2D eigenvalue weighted by atomic mass is 10.0. The summed E-state index contributed by atoms with van der Waals surface area (Å²) in [4.78, 5) is 25.9. The van der Waals surface area contributed by atoms with Gasteiger partial charge in [0.25, 0.3) is 0 Å². The monoisotopic (exact) mass is 326 g/mol. The molecule has 2 heterocycles. The Kier molecular flexibility index (Phi) is 4.69. The number of nitrogens with zero attached hydrogens (tertiary/aromatic N) is 1. The average molecular weight is 326 g/mol. The molecule has 5 nitrogen and oxygen atoms in total. The van der Waals surface area contributed by atoms with Gasteiger partial charge in [0.15, 0.2) is 0 Å². The lowest BCUT2D eigenvalue weighted by molar-refractivity contribution is -0.129. The topological polar surface area (TPSA) is 62.6 Å². The van der Waals surface area contributed by atoms with Gasteiger partial charge in [-0.25, -0.2) is 0 Å². The van der Waals surface area contributed by atoms with E-state index in [0.717, 1.165) is 17.1 Å². The summed E-state index contributed by atoms with van der Waals surface area (Å²) in [7, 11) is 0. The van der Waals surface area contributed by atoms with E-state index in [2.05, 4.69) is 5.32 Å². The fourth-order valence-electron chi connectivity index (χ4n) is 3.24. The third-order valence-corrected chi connectivity index (χ3v) is 4.39. The van der Waals surface area contributed by atoms with Crippen LogP contribution >= 0.6 is 0 Å². The zero-order valence-corrected chi connectivity index (χ0v) is 14.0. The minimum atomic E-state index is -0.118. The minimum Gasteiger partial charge on any atom is -0.466 e. The number of likely N-dealkylation sites (tertiary alicyclic amines) is 1. The van der Waals surface area contributed by atoms with E-state index in [4.69, 9.17) is 4.42 Å². The van der Waals surface area contributed by atoms with Gasteiger partial charge in [0.05, 0.1) is 18.4 Å². The maximum atomic E-state index is 12.6. The van der Waals surface area contributed by atoms with Gasteiger partial charge in [-0.1, -0.05) is 30.3 Å². The number of hydrogen-bond donors (Lipinski definition) is 1. The Morgan fingerprint density at radius 1 is 1.17 bits per heavy atom. The molecule has 24 heavy (non-hydrogen) atoms. The quantitative estimate of drug-likeness (QED) is 0.937. The number of hydrogen-bond acceptors (Lipinski definition) is 3. The van der Waals surface area contributed by atoms with Crippen LogP contribution in [0.3, 0.4) is 0 Å². The second kappa shape index (κ2) is 6.91. The third kappa shape index (κ3) is 3.67. The Labute approximate surface area is 141 Å². The van der Waals surface area contributed by atoms with Crippen LogP contribution in [0.1, 0.15) is 29.9 Å². The van der Waals surface area contributed by atoms with Crippen molar-refractivity contribution < 1.29 is 14.0 Å². The standard InChI is InChI=1S/C19H22N2O3/c1-13-8-9-18(24-13)16-11-21(12-17(16)20-14(2)22)19(23)10-15-6-4-3-5-7-15/h3-9,16-17H,10-12H2,1-2H3,(H,20,22). The smallest absolute Gasteiger partial charge is 0.227 e. The summed E-state index contributed by atoms with van der Waals surface area (Å²) < 4.78 is 5.74. The molecule has 0 radical (unpaired) electrons. The molecular formula is C19H22N2O3. The van der Waals surface area contributed by atoms with Crippen molar-refractivity contribution in [3.05, 3.63) is 59.5 Å². The Morgan fingerprint density at radius 2 is 1.92 bits per heavy atom. The lowest BCUT2D eigenvalue weighted by Crippen LogP contribution is -2.39. The summed E-state index contributed by atoms with van der Waals surface area (Å²) in [6, 6.07) is 13.4. The molecule has 1 aromatic carbocycles. The highest BCUT2D eigenvalue weighted by Crippen LogP contribution is 2.29. The highest BCUT2D eigenvalue weighted by molar-refractivity contribution is 5.79. The molecule has 2 atom stereocenters. The molecule has 0 spiro atoms. The summed E-state index contributed by atoms with van der Waals surface area (Å²) in [5.41, 5.74) is 0.996. The normalized spacial score (nSPS) is 20.2. The summed E-state index contributed by atoms with van der Waals surface area (Å²) in [6.07, 6.45) is 0.373. The third-order valence-electron chi connectivity index (χ3n) is 4.39. The molecule has 5 heteroatoms. The van der Waals surface area contributed by atoms with Crippen molar-refractivity contribution in [2.24, 2.45) is 0 Å². The first-order valence-corrected chi connectivity index (χ1v) is 8.18. The van der Waals surface area contributed by atoms with Crippen molar-refractivity contribution in [3.63, 3.8) is 0 Å². The number of nitrogens with one attached hydrogen (secondary N) is 1. The van der Waals surface area contributed by atoms with Gasteiger partial charge in [-0.05, 0) is 24.6 Å². The molecule has 1 aliphatic rings. The summed E-state index contributed by atoms with van der Waals surface area (Å²) in [6.45, 7) is 4.46. The number of carbonyl (C=O) groups is 2. The van der Waals surface area contributed by atoms with E-state index in [9.17, 15) is 9.59 Å².